The molecule has 0 atom stereocenters. The monoisotopic (exact) mass is 315 g/mol. The molecule has 2 heterocycles. The van der Waals surface area contributed by atoms with Gasteiger partial charge in [-0.15, -0.1) is 0 Å². The van der Waals surface area contributed by atoms with Gasteiger partial charge in [-0.2, -0.15) is 0 Å². The number of ether oxygens (including phenoxy) is 1. The average molecular weight is 315 g/mol. The Hall–Kier alpha value is -0.290. The third-order valence-electron chi connectivity index (χ3n) is 3.63. The highest BCUT2D eigenvalue weighted by Gasteiger charge is 2.42. The number of hydrogen-bond donors (Lipinski definition) is 0. The largest absolute Gasteiger partial charge is 0.492 e. The maximum Gasteiger partial charge on any atom is 0.123 e. The van der Waals surface area contributed by atoms with Crippen molar-refractivity contribution in [3.8, 4) is 5.75 Å². The van der Waals surface area contributed by atoms with E-state index >= 15 is 0 Å². The summed E-state index contributed by atoms with van der Waals surface area (Å²) in [5.41, 5.74) is 1.76. The van der Waals surface area contributed by atoms with Gasteiger partial charge in [0.05, 0.1) is 6.61 Å². The number of hydrogen-bond acceptors (Lipinski definition) is 2. The first-order valence-electron chi connectivity index (χ1n) is 5.43. The highest BCUT2D eigenvalue weighted by atomic mass is 127. The predicted octanol–water partition coefficient (Wildman–Crippen LogP) is 2.76. The molecule has 0 bridgehead atoms. The minimum Gasteiger partial charge on any atom is -0.492 e. The second kappa shape index (κ2) is 3.63. The Morgan fingerprint density at radius 2 is 1.93 bits per heavy atom. The van der Waals surface area contributed by atoms with Gasteiger partial charge in [-0.25, -0.2) is 3.11 Å². The van der Waals surface area contributed by atoms with Gasteiger partial charge < -0.3 is 4.74 Å². The lowest BCUT2D eigenvalue weighted by atomic mass is 9.75. The maximum atomic E-state index is 5.81. The van der Waals surface area contributed by atoms with Gasteiger partial charge in [0, 0.05) is 46.9 Å². The van der Waals surface area contributed by atoms with Gasteiger partial charge in [0.15, 0.2) is 0 Å². The molecule has 15 heavy (non-hydrogen) atoms. The molecule has 1 spiro atoms. The summed E-state index contributed by atoms with van der Waals surface area (Å²) in [5.74, 6) is 1.11. The van der Waals surface area contributed by atoms with Crippen LogP contribution in [0.15, 0.2) is 24.3 Å². The van der Waals surface area contributed by atoms with Crippen molar-refractivity contribution in [2.75, 3.05) is 19.7 Å². The minimum absolute atomic E-state index is 0.318. The molecule has 0 aromatic heterocycles. The second-order valence-corrected chi connectivity index (χ2v) is 5.84. The number of benzene rings is 1. The fraction of sp³-hybridized carbons (Fsp3) is 0.500. The summed E-state index contributed by atoms with van der Waals surface area (Å²) < 4.78 is 8.18. The van der Waals surface area contributed by atoms with Crippen molar-refractivity contribution >= 4 is 22.9 Å². The molecule has 0 N–H and O–H groups in total. The summed E-state index contributed by atoms with van der Waals surface area (Å²) in [6.45, 7) is 3.24. The number of nitrogens with zero attached hydrogens (tertiary/aromatic N) is 1. The Kier molecular flexibility index (Phi) is 2.39. The van der Waals surface area contributed by atoms with Gasteiger partial charge in [0.1, 0.15) is 5.75 Å². The highest BCUT2D eigenvalue weighted by molar-refractivity contribution is 14.1. The molecule has 1 aromatic rings. The van der Waals surface area contributed by atoms with E-state index in [1.165, 1.54) is 31.5 Å². The van der Waals surface area contributed by atoms with Crippen LogP contribution in [0.25, 0.3) is 0 Å². The number of piperidine rings is 1. The molecule has 0 aliphatic carbocycles. The fourth-order valence-electron chi connectivity index (χ4n) is 2.65. The summed E-state index contributed by atoms with van der Waals surface area (Å²) in [6.07, 6.45) is 2.46. The van der Waals surface area contributed by atoms with E-state index in [1.54, 1.807) is 0 Å². The van der Waals surface area contributed by atoms with Crippen LogP contribution < -0.4 is 4.74 Å². The van der Waals surface area contributed by atoms with Crippen molar-refractivity contribution in [3.63, 3.8) is 0 Å². The highest BCUT2D eigenvalue weighted by Crippen LogP contribution is 2.45. The molecule has 0 amide bonds. The summed E-state index contributed by atoms with van der Waals surface area (Å²) in [5, 5.41) is 0. The van der Waals surface area contributed by atoms with Crippen LogP contribution in [0, 0.1) is 0 Å². The Balaban J connectivity index is 1.95. The standard InChI is InChI=1S/C12H14INO/c13-14-7-5-12(6-8-14)9-15-11-4-2-1-3-10(11)12/h1-4H,5-9H2. The summed E-state index contributed by atoms with van der Waals surface area (Å²) in [6, 6.07) is 8.53. The lowest BCUT2D eigenvalue weighted by molar-refractivity contribution is 0.197. The van der Waals surface area contributed by atoms with Crippen molar-refractivity contribution in [2.45, 2.75) is 18.3 Å². The van der Waals surface area contributed by atoms with Crippen LogP contribution >= 0.6 is 22.9 Å². The van der Waals surface area contributed by atoms with Gasteiger partial charge in [-0.1, -0.05) is 18.2 Å². The molecule has 0 unspecified atom stereocenters. The molecule has 1 fully saturated rings. The summed E-state index contributed by atoms with van der Waals surface area (Å²) in [4.78, 5) is 0. The fourth-order valence-corrected chi connectivity index (χ4v) is 3.13. The maximum absolute atomic E-state index is 5.81. The first-order valence-corrected chi connectivity index (χ1v) is 6.40. The van der Waals surface area contributed by atoms with E-state index in [-0.39, 0.29) is 0 Å². The van der Waals surface area contributed by atoms with Gasteiger partial charge in [0.25, 0.3) is 0 Å². The normalized spacial score (nSPS) is 23.8. The second-order valence-electron chi connectivity index (χ2n) is 4.48. The van der Waals surface area contributed by atoms with Crippen LogP contribution in [-0.4, -0.2) is 22.8 Å². The van der Waals surface area contributed by atoms with Crippen molar-refractivity contribution < 1.29 is 4.74 Å². The van der Waals surface area contributed by atoms with Gasteiger partial charge >= 0.3 is 0 Å². The molecule has 1 aromatic carbocycles. The van der Waals surface area contributed by atoms with Crippen LogP contribution in [0.5, 0.6) is 5.75 Å². The van der Waals surface area contributed by atoms with Crippen LogP contribution in [0.3, 0.4) is 0 Å². The molecule has 3 heteroatoms. The number of halogens is 1. The number of rotatable bonds is 0. The van der Waals surface area contributed by atoms with E-state index in [9.17, 15) is 0 Å². The van der Waals surface area contributed by atoms with Crippen molar-refractivity contribution in [2.24, 2.45) is 0 Å². The zero-order valence-corrected chi connectivity index (χ0v) is 10.7. The van der Waals surface area contributed by atoms with E-state index in [0.29, 0.717) is 5.41 Å². The van der Waals surface area contributed by atoms with Crippen molar-refractivity contribution in [3.05, 3.63) is 29.8 Å². The molecule has 0 radical (unpaired) electrons. The van der Waals surface area contributed by atoms with E-state index < -0.39 is 0 Å². The molecular weight excluding hydrogens is 301 g/mol. The molecule has 0 saturated carbocycles. The predicted molar refractivity (Wildman–Crippen MR) is 68.4 cm³/mol. The molecule has 80 valence electrons. The Labute approximate surface area is 104 Å². The van der Waals surface area contributed by atoms with E-state index in [0.717, 1.165) is 12.4 Å². The van der Waals surface area contributed by atoms with Crippen LogP contribution in [-0.2, 0) is 5.41 Å². The Morgan fingerprint density at radius 3 is 2.73 bits per heavy atom. The summed E-state index contributed by atoms with van der Waals surface area (Å²) in [7, 11) is 0. The Bertz CT molecular complexity index is 372. The van der Waals surface area contributed by atoms with Crippen molar-refractivity contribution in [1.82, 2.24) is 3.11 Å². The third-order valence-corrected chi connectivity index (χ3v) is 4.59. The van der Waals surface area contributed by atoms with Crippen LogP contribution in [0.4, 0.5) is 0 Å². The molecule has 2 nitrogen and oxygen atoms in total. The molecule has 2 aliphatic rings. The van der Waals surface area contributed by atoms with Crippen LogP contribution in [0.2, 0.25) is 0 Å². The van der Waals surface area contributed by atoms with E-state index in [1.807, 2.05) is 0 Å². The molecule has 2 aliphatic heterocycles. The first kappa shape index (κ1) is 9.90. The molecule has 3 rings (SSSR count). The minimum atomic E-state index is 0.318. The number of para-hydroxylation sites is 1. The smallest absolute Gasteiger partial charge is 0.123 e. The lowest BCUT2D eigenvalue weighted by Gasteiger charge is -2.35. The summed E-state index contributed by atoms with van der Waals surface area (Å²) >= 11 is 2.42. The molecule has 1 saturated heterocycles. The molecular formula is C12H14INO. The lowest BCUT2D eigenvalue weighted by Crippen LogP contribution is -2.39. The first-order chi connectivity index (χ1) is 7.30. The van der Waals surface area contributed by atoms with Crippen LogP contribution in [0.1, 0.15) is 18.4 Å². The van der Waals surface area contributed by atoms with Gasteiger partial charge in [-0.3, -0.25) is 0 Å². The van der Waals surface area contributed by atoms with Crippen molar-refractivity contribution in [1.29, 1.82) is 0 Å². The SMILES string of the molecule is IN1CCC2(CC1)COc1ccccc12. The topological polar surface area (TPSA) is 12.5 Å². The number of fused-ring (bicyclic) bond motifs is 2. The van der Waals surface area contributed by atoms with E-state index in [2.05, 4.69) is 50.2 Å². The van der Waals surface area contributed by atoms with E-state index in [4.69, 9.17) is 4.74 Å². The Morgan fingerprint density at radius 1 is 1.20 bits per heavy atom. The zero-order chi connectivity index (χ0) is 10.3. The average Bonchev–Trinajstić information content (AvgIpc) is 2.63. The zero-order valence-electron chi connectivity index (χ0n) is 8.58. The quantitative estimate of drug-likeness (QED) is 0.539. The third kappa shape index (κ3) is 1.56. The van der Waals surface area contributed by atoms with Gasteiger partial charge in [-0.05, 0) is 18.9 Å². The van der Waals surface area contributed by atoms with Gasteiger partial charge in [0.2, 0.25) is 0 Å².